The summed E-state index contributed by atoms with van der Waals surface area (Å²) in [5.41, 5.74) is 3.39. The van der Waals surface area contributed by atoms with Crippen molar-refractivity contribution in [1.82, 2.24) is 0 Å². The van der Waals surface area contributed by atoms with Gasteiger partial charge in [-0.2, -0.15) is 0 Å². The van der Waals surface area contributed by atoms with E-state index in [1.807, 2.05) is 70.2 Å². The maximum absolute atomic E-state index is 12.2. The van der Waals surface area contributed by atoms with E-state index in [4.69, 9.17) is 0 Å². The van der Waals surface area contributed by atoms with Gasteiger partial charge in [-0.3, -0.25) is 4.79 Å². The van der Waals surface area contributed by atoms with Crippen molar-refractivity contribution in [2.24, 2.45) is 0 Å². The Morgan fingerprint density at radius 1 is 1.00 bits per heavy atom. The van der Waals surface area contributed by atoms with Crippen LogP contribution in [0.15, 0.2) is 48.5 Å². The fourth-order valence-electron chi connectivity index (χ4n) is 2.55. The molecular weight excluding hydrogens is 298 g/mol. The Morgan fingerprint density at radius 3 is 2.04 bits per heavy atom. The second-order valence-corrected chi connectivity index (χ2v) is 6.55. The van der Waals surface area contributed by atoms with Crippen LogP contribution in [0.25, 0.3) is 6.08 Å². The summed E-state index contributed by atoms with van der Waals surface area (Å²) in [4.78, 5) is 12.2. The van der Waals surface area contributed by atoms with Gasteiger partial charge in [-0.1, -0.05) is 58.0 Å². The SMILES string of the molecule is CC(C)c1cc(NC(=O)C=Cc2ccccc2)cc(C(C)C)c1O. The molecule has 3 heteroatoms. The summed E-state index contributed by atoms with van der Waals surface area (Å²) in [5.74, 6) is 0.505. The van der Waals surface area contributed by atoms with Crippen LogP contribution in [0.3, 0.4) is 0 Å². The van der Waals surface area contributed by atoms with Crippen LogP contribution in [0.5, 0.6) is 5.75 Å². The Labute approximate surface area is 144 Å². The number of carbonyl (C=O) groups excluding carboxylic acids is 1. The summed E-state index contributed by atoms with van der Waals surface area (Å²) in [6, 6.07) is 13.4. The van der Waals surface area contributed by atoms with Crippen LogP contribution in [0.2, 0.25) is 0 Å². The number of aromatic hydroxyl groups is 1. The number of phenolic OH excluding ortho intramolecular Hbond substituents is 1. The van der Waals surface area contributed by atoms with Crippen molar-refractivity contribution in [2.75, 3.05) is 5.32 Å². The zero-order valence-corrected chi connectivity index (χ0v) is 14.7. The molecule has 3 nitrogen and oxygen atoms in total. The number of benzene rings is 2. The predicted octanol–water partition coefficient (Wildman–Crippen LogP) is 5.29. The van der Waals surface area contributed by atoms with Crippen molar-refractivity contribution in [2.45, 2.75) is 39.5 Å². The number of nitrogens with one attached hydrogen (secondary N) is 1. The minimum atomic E-state index is -0.186. The molecular formula is C21H25NO2. The molecule has 2 N–H and O–H groups in total. The highest BCUT2D eigenvalue weighted by molar-refractivity contribution is 6.02. The lowest BCUT2D eigenvalue weighted by molar-refractivity contribution is -0.111. The molecule has 0 heterocycles. The molecule has 0 aliphatic rings. The van der Waals surface area contributed by atoms with Crippen LogP contribution >= 0.6 is 0 Å². The monoisotopic (exact) mass is 323 g/mol. The number of rotatable bonds is 5. The molecule has 0 fully saturated rings. The first kappa shape index (κ1) is 17.8. The number of hydrogen-bond acceptors (Lipinski definition) is 2. The Hall–Kier alpha value is -2.55. The molecule has 2 aromatic rings. The van der Waals surface area contributed by atoms with Crippen molar-refractivity contribution in [3.63, 3.8) is 0 Å². The molecule has 0 aromatic heterocycles. The molecule has 2 aromatic carbocycles. The largest absolute Gasteiger partial charge is 0.507 e. The van der Waals surface area contributed by atoms with Gasteiger partial charge in [0.1, 0.15) is 5.75 Å². The molecule has 0 spiro atoms. The van der Waals surface area contributed by atoms with Gasteiger partial charge in [0.2, 0.25) is 5.91 Å². The highest BCUT2D eigenvalue weighted by atomic mass is 16.3. The van der Waals surface area contributed by atoms with E-state index in [1.165, 1.54) is 6.08 Å². The number of hydrogen-bond donors (Lipinski definition) is 2. The van der Waals surface area contributed by atoms with Crippen molar-refractivity contribution < 1.29 is 9.90 Å². The Bertz CT molecular complexity index is 702. The van der Waals surface area contributed by atoms with Gasteiger partial charge in [0.05, 0.1) is 0 Å². The molecule has 0 saturated carbocycles. The van der Waals surface area contributed by atoms with E-state index in [1.54, 1.807) is 6.08 Å². The first-order chi connectivity index (χ1) is 11.4. The average molecular weight is 323 g/mol. The van der Waals surface area contributed by atoms with Crippen LogP contribution in [0.1, 0.15) is 56.2 Å². The number of anilines is 1. The predicted molar refractivity (Wildman–Crippen MR) is 100 cm³/mol. The molecule has 0 bridgehead atoms. The zero-order valence-electron chi connectivity index (χ0n) is 14.7. The topological polar surface area (TPSA) is 49.3 Å². The van der Waals surface area contributed by atoms with E-state index in [-0.39, 0.29) is 17.7 Å². The fourth-order valence-corrected chi connectivity index (χ4v) is 2.55. The van der Waals surface area contributed by atoms with Crippen molar-refractivity contribution in [3.8, 4) is 5.75 Å². The third kappa shape index (κ3) is 4.48. The molecule has 0 aliphatic heterocycles. The van der Waals surface area contributed by atoms with Crippen LogP contribution < -0.4 is 5.32 Å². The van der Waals surface area contributed by atoms with E-state index in [0.29, 0.717) is 11.4 Å². The minimum absolute atomic E-state index is 0.180. The molecule has 0 saturated heterocycles. The highest BCUT2D eigenvalue weighted by Gasteiger charge is 2.15. The first-order valence-electron chi connectivity index (χ1n) is 8.29. The van der Waals surface area contributed by atoms with Gasteiger partial charge in [0.25, 0.3) is 0 Å². The fraction of sp³-hybridized carbons (Fsp3) is 0.286. The van der Waals surface area contributed by atoms with Crippen LogP contribution in [-0.2, 0) is 4.79 Å². The molecule has 0 aliphatic carbocycles. The van der Waals surface area contributed by atoms with Crippen molar-refractivity contribution >= 4 is 17.7 Å². The van der Waals surface area contributed by atoms with Gasteiger partial charge in [-0.25, -0.2) is 0 Å². The van der Waals surface area contributed by atoms with Gasteiger partial charge >= 0.3 is 0 Å². The van der Waals surface area contributed by atoms with E-state index >= 15 is 0 Å². The number of phenols is 1. The smallest absolute Gasteiger partial charge is 0.248 e. The second-order valence-electron chi connectivity index (χ2n) is 6.55. The normalized spacial score (nSPS) is 11.4. The summed E-state index contributed by atoms with van der Waals surface area (Å²) >= 11 is 0. The maximum atomic E-state index is 12.2. The summed E-state index contributed by atoms with van der Waals surface area (Å²) in [6.45, 7) is 8.11. The third-order valence-corrected chi connectivity index (χ3v) is 3.91. The molecule has 0 atom stereocenters. The molecule has 0 radical (unpaired) electrons. The van der Waals surface area contributed by atoms with Gasteiger partial charge in [-0.15, -0.1) is 0 Å². The van der Waals surface area contributed by atoms with E-state index in [9.17, 15) is 9.90 Å². The lowest BCUT2D eigenvalue weighted by Crippen LogP contribution is -2.09. The summed E-state index contributed by atoms with van der Waals surface area (Å²) in [7, 11) is 0. The molecule has 126 valence electrons. The summed E-state index contributed by atoms with van der Waals surface area (Å²) in [5, 5.41) is 13.3. The summed E-state index contributed by atoms with van der Waals surface area (Å²) in [6.07, 6.45) is 3.30. The second kappa shape index (κ2) is 7.82. The average Bonchev–Trinajstić information content (AvgIpc) is 2.55. The van der Waals surface area contributed by atoms with E-state index in [2.05, 4.69) is 5.32 Å². The molecule has 24 heavy (non-hydrogen) atoms. The van der Waals surface area contributed by atoms with Crippen LogP contribution in [-0.4, -0.2) is 11.0 Å². The lowest BCUT2D eigenvalue weighted by Gasteiger charge is -2.17. The Kier molecular flexibility index (Phi) is 5.80. The maximum Gasteiger partial charge on any atom is 0.248 e. The first-order valence-corrected chi connectivity index (χ1v) is 8.29. The number of carbonyl (C=O) groups is 1. The van der Waals surface area contributed by atoms with E-state index < -0.39 is 0 Å². The van der Waals surface area contributed by atoms with Crippen LogP contribution in [0, 0.1) is 0 Å². The quantitative estimate of drug-likeness (QED) is 0.580. The molecule has 0 unspecified atom stereocenters. The van der Waals surface area contributed by atoms with E-state index in [0.717, 1.165) is 16.7 Å². The minimum Gasteiger partial charge on any atom is -0.507 e. The van der Waals surface area contributed by atoms with Crippen molar-refractivity contribution in [3.05, 3.63) is 65.2 Å². The van der Waals surface area contributed by atoms with Crippen molar-refractivity contribution in [1.29, 1.82) is 0 Å². The summed E-state index contributed by atoms with van der Waals surface area (Å²) < 4.78 is 0. The molecule has 1 amide bonds. The van der Waals surface area contributed by atoms with Gasteiger partial charge in [0.15, 0.2) is 0 Å². The Morgan fingerprint density at radius 2 is 1.54 bits per heavy atom. The zero-order chi connectivity index (χ0) is 17.7. The number of amides is 1. The van der Waals surface area contributed by atoms with Gasteiger partial charge in [0, 0.05) is 11.8 Å². The molecule has 2 rings (SSSR count). The van der Waals surface area contributed by atoms with Crippen LogP contribution in [0.4, 0.5) is 5.69 Å². The Balaban J connectivity index is 2.22. The highest BCUT2D eigenvalue weighted by Crippen LogP contribution is 2.36. The van der Waals surface area contributed by atoms with Gasteiger partial charge in [-0.05, 0) is 46.7 Å². The lowest BCUT2D eigenvalue weighted by atomic mass is 9.93. The van der Waals surface area contributed by atoms with Gasteiger partial charge < -0.3 is 10.4 Å². The third-order valence-electron chi connectivity index (χ3n) is 3.91. The standard InChI is InChI=1S/C21H25NO2/c1-14(2)18-12-17(13-19(15(3)4)21(18)24)22-20(23)11-10-16-8-6-5-7-9-16/h5-15,24H,1-4H3,(H,22,23).